The highest BCUT2D eigenvalue weighted by atomic mass is 31.2. The monoisotopic (exact) mass is 462 g/mol. The number of hydrogen-bond acceptors (Lipinski definition) is 7. The van der Waals surface area contributed by atoms with E-state index >= 15 is 0 Å². The minimum atomic E-state index is -3.76. The molecule has 2 aromatic carbocycles. The summed E-state index contributed by atoms with van der Waals surface area (Å²) in [7, 11) is -3.76. The van der Waals surface area contributed by atoms with E-state index in [1.54, 1.807) is 13.8 Å². The predicted molar refractivity (Wildman–Crippen MR) is 121 cm³/mol. The van der Waals surface area contributed by atoms with Crippen molar-refractivity contribution in [3.63, 3.8) is 0 Å². The molecule has 0 heterocycles. The number of amides is 1. The lowest BCUT2D eigenvalue weighted by Gasteiger charge is -2.23. The van der Waals surface area contributed by atoms with Gasteiger partial charge >= 0.3 is 7.60 Å². The Hall–Kier alpha value is -2.84. The molecule has 0 saturated carbocycles. The van der Waals surface area contributed by atoms with Crippen molar-refractivity contribution < 1.29 is 28.2 Å². The van der Waals surface area contributed by atoms with Gasteiger partial charge in [-0.2, -0.15) is 0 Å². The van der Waals surface area contributed by atoms with Gasteiger partial charge in [0.05, 0.1) is 30.0 Å². The van der Waals surface area contributed by atoms with E-state index in [9.17, 15) is 19.5 Å². The number of rotatable bonds is 12. The Labute approximate surface area is 187 Å². The van der Waals surface area contributed by atoms with Crippen LogP contribution in [0.5, 0.6) is 0 Å². The van der Waals surface area contributed by atoms with Gasteiger partial charge in [0.2, 0.25) is 5.91 Å². The third kappa shape index (κ3) is 7.10. The second-order valence-corrected chi connectivity index (χ2v) is 8.56. The highest BCUT2D eigenvalue weighted by Gasteiger charge is 2.31. The van der Waals surface area contributed by atoms with E-state index in [0.717, 1.165) is 10.6 Å². The van der Waals surface area contributed by atoms with Gasteiger partial charge in [-0.05, 0) is 43.2 Å². The number of hydroxylamine groups is 2. The Balaban J connectivity index is 2.36. The summed E-state index contributed by atoms with van der Waals surface area (Å²) >= 11 is 0. The van der Waals surface area contributed by atoms with Crippen molar-refractivity contribution in [1.82, 2.24) is 5.06 Å². The Bertz CT molecular complexity index is 968. The van der Waals surface area contributed by atoms with E-state index in [4.69, 9.17) is 13.9 Å². The Morgan fingerprint density at radius 3 is 2.16 bits per heavy atom. The van der Waals surface area contributed by atoms with Crippen LogP contribution < -0.4 is 0 Å². The number of nitro benzene ring substituents is 1. The number of non-ortho nitro benzene ring substituents is 1. The van der Waals surface area contributed by atoms with E-state index in [1.165, 1.54) is 37.3 Å². The summed E-state index contributed by atoms with van der Waals surface area (Å²) in [4.78, 5) is 28.2. The lowest BCUT2D eigenvalue weighted by Crippen LogP contribution is -2.29. The molecule has 32 heavy (non-hydrogen) atoms. The molecule has 0 aromatic heterocycles. The van der Waals surface area contributed by atoms with Gasteiger partial charge in [-0.1, -0.05) is 30.3 Å². The first kappa shape index (κ1) is 25.4. The van der Waals surface area contributed by atoms with Crippen LogP contribution in [0.25, 0.3) is 5.31 Å². The first-order valence-corrected chi connectivity index (χ1v) is 11.6. The molecule has 9 nitrogen and oxygen atoms in total. The maximum Gasteiger partial charge on any atom is 0.361 e. The summed E-state index contributed by atoms with van der Waals surface area (Å²) < 4.78 is 24.4. The van der Waals surface area contributed by atoms with Gasteiger partial charge in [-0.15, -0.1) is 0 Å². The average molecular weight is 462 g/mol. The molecule has 0 fully saturated rings. The molecule has 0 radical (unpaired) electrons. The zero-order valence-electron chi connectivity index (χ0n) is 18.3. The van der Waals surface area contributed by atoms with Gasteiger partial charge in [0, 0.05) is 19.1 Å². The zero-order chi connectivity index (χ0) is 23.6. The molecule has 0 unspecified atom stereocenters. The van der Waals surface area contributed by atoms with Gasteiger partial charge in [-0.25, -0.2) is 5.06 Å². The minimum absolute atomic E-state index is 0.0291. The number of carbonyl (C=O) groups is 1. The molecule has 0 aliphatic carbocycles. The van der Waals surface area contributed by atoms with Crippen LogP contribution in [0.1, 0.15) is 31.9 Å². The largest absolute Gasteiger partial charge is 0.361 e. The van der Waals surface area contributed by atoms with Crippen LogP contribution in [0.4, 0.5) is 5.69 Å². The van der Waals surface area contributed by atoms with Crippen LogP contribution >= 0.6 is 7.60 Å². The molecule has 2 aromatic rings. The highest BCUT2D eigenvalue weighted by Crippen LogP contribution is 2.60. The second-order valence-electron chi connectivity index (χ2n) is 6.57. The van der Waals surface area contributed by atoms with Crippen LogP contribution in [0, 0.1) is 10.1 Å². The van der Waals surface area contributed by atoms with Crippen molar-refractivity contribution in [3.05, 3.63) is 81.9 Å². The normalized spacial score (nSPS) is 11.9. The lowest BCUT2D eigenvalue weighted by atomic mass is 10.2. The fourth-order valence-corrected chi connectivity index (χ4v) is 4.63. The van der Waals surface area contributed by atoms with Crippen LogP contribution in [-0.2, 0) is 29.9 Å². The lowest BCUT2D eigenvalue weighted by molar-refractivity contribution is -0.384. The van der Waals surface area contributed by atoms with Gasteiger partial charge < -0.3 is 9.05 Å². The minimum Gasteiger partial charge on any atom is -0.305 e. The molecule has 0 spiro atoms. The molecule has 2 rings (SSSR count). The molecule has 1 amide bonds. The molecular formula is C22H27N2O7P. The summed E-state index contributed by atoms with van der Waals surface area (Å²) in [5.41, 5.74) is 1.20. The molecule has 0 saturated heterocycles. The molecular weight excluding hydrogens is 435 g/mol. The van der Waals surface area contributed by atoms with Crippen LogP contribution in [0.2, 0.25) is 0 Å². The van der Waals surface area contributed by atoms with Crippen LogP contribution in [0.3, 0.4) is 0 Å². The quantitative estimate of drug-likeness (QED) is 0.243. The van der Waals surface area contributed by atoms with Crippen molar-refractivity contribution in [2.75, 3.05) is 19.8 Å². The van der Waals surface area contributed by atoms with Crippen molar-refractivity contribution >= 4 is 24.5 Å². The predicted octanol–water partition coefficient (Wildman–Crippen LogP) is 5.18. The molecule has 0 N–H and O–H groups in total. The second kappa shape index (κ2) is 12.3. The molecule has 172 valence electrons. The van der Waals surface area contributed by atoms with Crippen molar-refractivity contribution in [1.29, 1.82) is 0 Å². The van der Waals surface area contributed by atoms with E-state index in [-0.39, 0.29) is 43.3 Å². The number of benzene rings is 2. The van der Waals surface area contributed by atoms with Gasteiger partial charge in [0.15, 0.2) is 0 Å². The molecule has 0 aliphatic heterocycles. The topological polar surface area (TPSA) is 108 Å². The fraction of sp³-hybridized carbons (Fsp3) is 0.318. The SMILES string of the molecule is CCOP(=O)(OCC)C(=CCN(OCc1ccccc1)C(C)=O)c1ccc([N+](=O)[O-])cc1. The first-order chi connectivity index (χ1) is 15.3. The van der Waals surface area contributed by atoms with E-state index in [2.05, 4.69) is 0 Å². The highest BCUT2D eigenvalue weighted by molar-refractivity contribution is 7.65. The number of nitrogens with zero attached hydrogens (tertiary/aromatic N) is 2. The van der Waals surface area contributed by atoms with Crippen molar-refractivity contribution in [2.45, 2.75) is 27.4 Å². The molecule has 10 heteroatoms. The van der Waals surface area contributed by atoms with E-state index in [1.807, 2.05) is 30.3 Å². The zero-order valence-corrected chi connectivity index (χ0v) is 19.2. The van der Waals surface area contributed by atoms with Crippen LogP contribution in [-0.4, -0.2) is 35.7 Å². The molecule has 0 aliphatic rings. The maximum absolute atomic E-state index is 13.5. The summed E-state index contributed by atoms with van der Waals surface area (Å²) in [6.07, 6.45) is 1.53. The summed E-state index contributed by atoms with van der Waals surface area (Å²) in [5, 5.41) is 12.3. The first-order valence-electron chi connectivity index (χ1n) is 10.1. The Morgan fingerprint density at radius 2 is 1.66 bits per heavy atom. The summed E-state index contributed by atoms with van der Waals surface area (Å²) in [6, 6.07) is 14.9. The number of nitro groups is 1. The van der Waals surface area contributed by atoms with Crippen molar-refractivity contribution in [3.8, 4) is 0 Å². The van der Waals surface area contributed by atoms with Gasteiger partial charge in [0.25, 0.3) is 5.69 Å². The van der Waals surface area contributed by atoms with E-state index < -0.39 is 12.5 Å². The summed E-state index contributed by atoms with van der Waals surface area (Å²) in [5.74, 6) is -0.345. The Morgan fingerprint density at radius 1 is 1.06 bits per heavy atom. The Kier molecular flexibility index (Phi) is 9.74. The summed E-state index contributed by atoms with van der Waals surface area (Å²) in [6.45, 7) is 5.13. The van der Waals surface area contributed by atoms with Gasteiger partial charge in [-0.3, -0.25) is 24.3 Å². The number of carbonyl (C=O) groups excluding carboxylic acids is 1. The van der Waals surface area contributed by atoms with Crippen molar-refractivity contribution in [2.24, 2.45) is 0 Å². The average Bonchev–Trinajstić information content (AvgIpc) is 2.77. The third-order valence-electron chi connectivity index (χ3n) is 4.30. The fourth-order valence-electron chi connectivity index (χ4n) is 2.83. The smallest absolute Gasteiger partial charge is 0.305 e. The molecule has 0 bridgehead atoms. The third-order valence-corrected chi connectivity index (χ3v) is 6.53. The van der Waals surface area contributed by atoms with Crippen LogP contribution in [0.15, 0.2) is 60.7 Å². The standard InChI is InChI=1S/C22H27N2O7P/c1-4-30-32(28,31-5-2)22(20-11-13-21(14-12-20)24(26)27)15-16-23(18(3)25)29-17-19-9-7-6-8-10-19/h6-15H,4-5,16-17H2,1-3H3. The molecule has 0 atom stereocenters. The maximum atomic E-state index is 13.5. The van der Waals surface area contributed by atoms with E-state index in [0.29, 0.717) is 5.56 Å². The number of hydrogen-bond donors (Lipinski definition) is 0. The van der Waals surface area contributed by atoms with Gasteiger partial charge in [0.1, 0.15) is 6.61 Å².